The number of hydrogen-bond acceptors (Lipinski definition) is 1. The largest absolute Gasteiger partial charge is 0.346 e. The Kier molecular flexibility index (Phi) is 3.13. The van der Waals surface area contributed by atoms with Gasteiger partial charge in [0.1, 0.15) is 5.82 Å². The second kappa shape index (κ2) is 4.38. The maximum atomic E-state index is 4.75. The van der Waals surface area contributed by atoms with Crippen molar-refractivity contribution in [3.63, 3.8) is 0 Å². The lowest BCUT2D eigenvalue weighted by molar-refractivity contribution is 0.440. The molecule has 0 fully saturated rings. The van der Waals surface area contributed by atoms with Crippen molar-refractivity contribution in [1.29, 1.82) is 0 Å². The molecule has 1 aromatic heterocycles. The summed E-state index contributed by atoms with van der Waals surface area (Å²) >= 11 is 0. The van der Waals surface area contributed by atoms with Crippen molar-refractivity contribution >= 4 is 0 Å². The van der Waals surface area contributed by atoms with E-state index in [1.54, 1.807) is 0 Å². The van der Waals surface area contributed by atoms with Gasteiger partial charge < -0.3 is 4.98 Å². The molecule has 2 rings (SSSR count). The summed E-state index contributed by atoms with van der Waals surface area (Å²) in [6.07, 6.45) is 6.10. The van der Waals surface area contributed by atoms with Gasteiger partial charge in [0.15, 0.2) is 0 Å². The summed E-state index contributed by atoms with van der Waals surface area (Å²) in [6.45, 7) is 6.87. The van der Waals surface area contributed by atoms with Gasteiger partial charge in [-0.25, -0.2) is 4.98 Å². The van der Waals surface area contributed by atoms with Crippen LogP contribution in [0.1, 0.15) is 63.2 Å². The van der Waals surface area contributed by atoms with Crippen LogP contribution in [0.15, 0.2) is 0 Å². The molecule has 2 heteroatoms. The third-order valence-electron chi connectivity index (χ3n) is 3.40. The lowest BCUT2D eigenvalue weighted by Crippen LogP contribution is -2.14. The molecule has 15 heavy (non-hydrogen) atoms. The van der Waals surface area contributed by atoms with Crippen LogP contribution in [0.3, 0.4) is 0 Å². The number of unbranched alkanes of at least 4 members (excludes halogenated alkanes) is 1. The Balaban J connectivity index is 2.15. The molecule has 2 unspecified atom stereocenters. The van der Waals surface area contributed by atoms with E-state index in [9.17, 15) is 0 Å². The minimum Gasteiger partial charge on any atom is -0.346 e. The smallest absolute Gasteiger partial charge is 0.106 e. The first kappa shape index (κ1) is 10.7. The van der Waals surface area contributed by atoms with Crippen molar-refractivity contribution in [1.82, 2.24) is 9.97 Å². The Bertz CT molecular complexity index is 327. The van der Waals surface area contributed by atoms with Gasteiger partial charge in [-0.15, -0.1) is 0 Å². The maximum absolute atomic E-state index is 4.75. The third kappa shape index (κ3) is 2.24. The van der Waals surface area contributed by atoms with Crippen LogP contribution in [0.4, 0.5) is 0 Å². The van der Waals surface area contributed by atoms with Crippen LogP contribution < -0.4 is 0 Å². The lowest BCUT2D eigenvalue weighted by Gasteiger charge is -2.22. The zero-order valence-electron chi connectivity index (χ0n) is 10.1. The molecule has 1 aromatic rings. The average molecular weight is 206 g/mol. The van der Waals surface area contributed by atoms with Gasteiger partial charge in [0, 0.05) is 18.0 Å². The molecule has 2 nitrogen and oxygen atoms in total. The monoisotopic (exact) mass is 206 g/mol. The van der Waals surface area contributed by atoms with Crippen LogP contribution in [0.5, 0.6) is 0 Å². The van der Waals surface area contributed by atoms with Crippen LogP contribution in [0, 0.1) is 5.92 Å². The SMILES string of the molecule is CCCCc1nc2c([nH]1)CC(C)CC2C. The number of H-pyrrole nitrogens is 1. The van der Waals surface area contributed by atoms with E-state index >= 15 is 0 Å². The molecule has 2 atom stereocenters. The second-order valence-electron chi connectivity index (χ2n) is 5.10. The van der Waals surface area contributed by atoms with Gasteiger partial charge in [0.05, 0.1) is 5.69 Å². The van der Waals surface area contributed by atoms with Crippen LogP contribution >= 0.6 is 0 Å². The molecule has 0 saturated heterocycles. The van der Waals surface area contributed by atoms with E-state index in [-0.39, 0.29) is 0 Å². The van der Waals surface area contributed by atoms with Crippen molar-refractivity contribution in [2.45, 2.75) is 58.8 Å². The topological polar surface area (TPSA) is 28.7 Å². The summed E-state index contributed by atoms with van der Waals surface area (Å²) in [7, 11) is 0. The number of fused-ring (bicyclic) bond motifs is 1. The highest BCUT2D eigenvalue weighted by atomic mass is 14.9. The molecular formula is C13H22N2. The molecular weight excluding hydrogens is 184 g/mol. The fourth-order valence-corrected chi connectivity index (χ4v) is 2.65. The zero-order chi connectivity index (χ0) is 10.8. The summed E-state index contributed by atoms with van der Waals surface area (Å²) in [4.78, 5) is 8.27. The minimum absolute atomic E-state index is 0.648. The summed E-state index contributed by atoms with van der Waals surface area (Å²) in [5, 5.41) is 0. The number of hydrogen-bond donors (Lipinski definition) is 1. The van der Waals surface area contributed by atoms with Crippen molar-refractivity contribution in [3.8, 4) is 0 Å². The predicted molar refractivity (Wildman–Crippen MR) is 63.1 cm³/mol. The maximum Gasteiger partial charge on any atom is 0.106 e. The van der Waals surface area contributed by atoms with E-state index in [1.165, 1.54) is 42.9 Å². The molecule has 1 N–H and O–H groups in total. The van der Waals surface area contributed by atoms with Gasteiger partial charge in [-0.3, -0.25) is 0 Å². The first-order chi connectivity index (χ1) is 7.20. The first-order valence-corrected chi connectivity index (χ1v) is 6.28. The van der Waals surface area contributed by atoms with E-state index in [4.69, 9.17) is 4.98 Å². The molecule has 0 amide bonds. The predicted octanol–water partition coefficient (Wildman–Crippen LogP) is 3.44. The van der Waals surface area contributed by atoms with Gasteiger partial charge in [0.2, 0.25) is 0 Å². The molecule has 0 spiro atoms. The molecule has 0 bridgehead atoms. The number of aromatic amines is 1. The number of aryl methyl sites for hydroxylation is 1. The van der Waals surface area contributed by atoms with Gasteiger partial charge >= 0.3 is 0 Å². The number of nitrogens with one attached hydrogen (secondary N) is 1. The normalized spacial score (nSPS) is 25.3. The van der Waals surface area contributed by atoms with E-state index in [1.807, 2.05) is 0 Å². The van der Waals surface area contributed by atoms with Crippen LogP contribution in [-0.4, -0.2) is 9.97 Å². The van der Waals surface area contributed by atoms with E-state index < -0.39 is 0 Å². The highest BCUT2D eigenvalue weighted by Gasteiger charge is 2.24. The molecule has 0 radical (unpaired) electrons. The standard InChI is InChI=1S/C13H22N2/c1-4-5-6-12-14-11-8-9(2)7-10(3)13(11)15-12/h9-10H,4-8H2,1-3H3,(H,14,15). The van der Waals surface area contributed by atoms with Crippen molar-refractivity contribution in [2.24, 2.45) is 5.92 Å². The molecule has 0 aromatic carbocycles. The number of rotatable bonds is 3. The fourth-order valence-electron chi connectivity index (χ4n) is 2.65. The highest BCUT2D eigenvalue weighted by Crippen LogP contribution is 2.32. The van der Waals surface area contributed by atoms with Gasteiger partial charge in [0.25, 0.3) is 0 Å². The molecule has 1 aliphatic carbocycles. The zero-order valence-corrected chi connectivity index (χ0v) is 10.1. The Morgan fingerprint density at radius 3 is 2.93 bits per heavy atom. The van der Waals surface area contributed by atoms with Crippen molar-refractivity contribution in [3.05, 3.63) is 17.2 Å². The van der Waals surface area contributed by atoms with E-state index in [2.05, 4.69) is 25.8 Å². The highest BCUT2D eigenvalue weighted by molar-refractivity contribution is 5.22. The quantitative estimate of drug-likeness (QED) is 0.806. The Hall–Kier alpha value is -0.790. The Morgan fingerprint density at radius 1 is 1.40 bits per heavy atom. The fraction of sp³-hybridized carbons (Fsp3) is 0.769. The minimum atomic E-state index is 0.648. The van der Waals surface area contributed by atoms with E-state index in [0.717, 1.165) is 12.3 Å². The molecule has 1 heterocycles. The third-order valence-corrected chi connectivity index (χ3v) is 3.40. The molecule has 0 aliphatic heterocycles. The van der Waals surface area contributed by atoms with Crippen LogP contribution in [0.2, 0.25) is 0 Å². The average Bonchev–Trinajstić information content (AvgIpc) is 2.57. The summed E-state index contributed by atoms with van der Waals surface area (Å²) < 4.78 is 0. The Morgan fingerprint density at radius 2 is 2.20 bits per heavy atom. The summed E-state index contributed by atoms with van der Waals surface area (Å²) in [5.74, 6) is 2.67. The summed E-state index contributed by atoms with van der Waals surface area (Å²) in [5.41, 5.74) is 2.76. The second-order valence-corrected chi connectivity index (χ2v) is 5.10. The van der Waals surface area contributed by atoms with Gasteiger partial charge in [-0.1, -0.05) is 27.2 Å². The van der Waals surface area contributed by atoms with Crippen molar-refractivity contribution in [2.75, 3.05) is 0 Å². The lowest BCUT2D eigenvalue weighted by atomic mass is 9.84. The van der Waals surface area contributed by atoms with Crippen LogP contribution in [-0.2, 0) is 12.8 Å². The molecule has 1 aliphatic rings. The van der Waals surface area contributed by atoms with Gasteiger partial charge in [-0.05, 0) is 25.2 Å². The van der Waals surface area contributed by atoms with Crippen LogP contribution in [0.25, 0.3) is 0 Å². The first-order valence-electron chi connectivity index (χ1n) is 6.28. The Labute approximate surface area is 92.5 Å². The number of imidazole rings is 1. The number of nitrogens with zero attached hydrogens (tertiary/aromatic N) is 1. The van der Waals surface area contributed by atoms with Crippen molar-refractivity contribution < 1.29 is 0 Å². The number of aromatic nitrogens is 2. The molecule has 84 valence electrons. The molecule has 0 saturated carbocycles. The van der Waals surface area contributed by atoms with Gasteiger partial charge in [-0.2, -0.15) is 0 Å². The van der Waals surface area contributed by atoms with E-state index in [0.29, 0.717) is 5.92 Å². The summed E-state index contributed by atoms with van der Waals surface area (Å²) in [6, 6.07) is 0.